The van der Waals surface area contributed by atoms with Crippen molar-refractivity contribution in [2.24, 2.45) is 0 Å². The number of unbranched alkanes of at least 4 members (excludes halogenated alkanes) is 1. The van der Waals surface area contributed by atoms with E-state index in [2.05, 4.69) is 6.92 Å². The summed E-state index contributed by atoms with van der Waals surface area (Å²) in [6.07, 6.45) is 3.07. The van der Waals surface area contributed by atoms with Crippen molar-refractivity contribution in [2.75, 3.05) is 0 Å². The highest BCUT2D eigenvalue weighted by Gasteiger charge is 2.09. The van der Waals surface area contributed by atoms with Crippen molar-refractivity contribution in [3.8, 4) is 5.75 Å². The Morgan fingerprint density at radius 1 is 1.19 bits per heavy atom. The van der Waals surface area contributed by atoms with E-state index in [4.69, 9.17) is 11.6 Å². The summed E-state index contributed by atoms with van der Waals surface area (Å²) in [5.74, 6) is 0.383. The number of hydrogen-bond acceptors (Lipinski definition) is 1. The molecule has 0 aliphatic heterocycles. The molecule has 2 aromatic carbocycles. The number of phenolic OH excluding ortho intramolecular Hbond substituents is 1. The molecule has 0 heterocycles. The molecule has 84 valence electrons. The van der Waals surface area contributed by atoms with Crippen molar-refractivity contribution < 1.29 is 5.11 Å². The Morgan fingerprint density at radius 2 is 1.88 bits per heavy atom. The molecule has 2 heteroatoms. The molecule has 0 atom stereocenters. The highest BCUT2D eigenvalue weighted by molar-refractivity contribution is 6.35. The van der Waals surface area contributed by atoms with Crippen LogP contribution in [0.1, 0.15) is 25.3 Å². The zero-order valence-corrected chi connectivity index (χ0v) is 10.1. The molecule has 0 aromatic heterocycles. The second-order valence-electron chi connectivity index (χ2n) is 4.02. The lowest BCUT2D eigenvalue weighted by Crippen LogP contribution is -1.88. The van der Waals surface area contributed by atoms with Gasteiger partial charge in [-0.2, -0.15) is 0 Å². The normalized spacial score (nSPS) is 10.9. The summed E-state index contributed by atoms with van der Waals surface area (Å²) in [6, 6.07) is 9.57. The summed E-state index contributed by atoms with van der Waals surface area (Å²) in [5.41, 5.74) is 0.950. The topological polar surface area (TPSA) is 20.2 Å². The van der Waals surface area contributed by atoms with Gasteiger partial charge >= 0.3 is 0 Å². The Hall–Kier alpha value is -1.21. The van der Waals surface area contributed by atoms with Crippen molar-refractivity contribution in [3.63, 3.8) is 0 Å². The minimum atomic E-state index is 0.383. The minimum absolute atomic E-state index is 0.383. The summed E-state index contributed by atoms with van der Waals surface area (Å²) >= 11 is 6.20. The number of rotatable bonds is 3. The van der Waals surface area contributed by atoms with Gasteiger partial charge in [-0.15, -0.1) is 0 Å². The molecule has 1 N–H and O–H groups in total. The van der Waals surface area contributed by atoms with Gasteiger partial charge in [0.1, 0.15) is 5.75 Å². The first-order valence-corrected chi connectivity index (χ1v) is 6.01. The van der Waals surface area contributed by atoms with Crippen LogP contribution in [0.4, 0.5) is 0 Å². The number of fused-ring (bicyclic) bond motifs is 1. The molecule has 2 aromatic rings. The van der Waals surface area contributed by atoms with Crippen LogP contribution in [-0.4, -0.2) is 5.11 Å². The predicted octanol–water partition coefficient (Wildman–Crippen LogP) is 4.54. The van der Waals surface area contributed by atoms with Gasteiger partial charge in [-0.3, -0.25) is 0 Å². The summed E-state index contributed by atoms with van der Waals surface area (Å²) in [4.78, 5) is 0. The fourth-order valence-corrected chi connectivity index (χ4v) is 2.22. The smallest absolute Gasteiger partial charge is 0.126 e. The minimum Gasteiger partial charge on any atom is -0.507 e. The van der Waals surface area contributed by atoms with Gasteiger partial charge in [0.2, 0.25) is 0 Å². The zero-order valence-electron chi connectivity index (χ0n) is 9.33. The maximum absolute atomic E-state index is 10.1. The molecule has 1 nitrogen and oxygen atoms in total. The Labute approximate surface area is 101 Å². The molecular weight excluding hydrogens is 220 g/mol. The molecule has 0 unspecified atom stereocenters. The van der Waals surface area contributed by atoms with E-state index in [1.165, 1.54) is 0 Å². The Morgan fingerprint density at radius 3 is 2.56 bits per heavy atom. The first-order chi connectivity index (χ1) is 7.74. The van der Waals surface area contributed by atoms with Gasteiger partial charge in [-0.05, 0) is 24.5 Å². The van der Waals surface area contributed by atoms with Gasteiger partial charge in [-0.1, -0.05) is 49.2 Å². The van der Waals surface area contributed by atoms with Gasteiger partial charge in [-0.25, -0.2) is 0 Å². The number of benzene rings is 2. The third kappa shape index (κ3) is 2.00. The Bertz CT molecular complexity index is 505. The summed E-state index contributed by atoms with van der Waals surface area (Å²) < 4.78 is 0. The molecule has 0 bridgehead atoms. The van der Waals surface area contributed by atoms with Crippen molar-refractivity contribution >= 4 is 22.4 Å². The van der Waals surface area contributed by atoms with Gasteiger partial charge in [0.25, 0.3) is 0 Å². The van der Waals surface area contributed by atoms with Gasteiger partial charge in [0.05, 0.1) is 0 Å². The van der Waals surface area contributed by atoms with Gasteiger partial charge in [0, 0.05) is 15.8 Å². The number of aryl methyl sites for hydroxylation is 1. The highest BCUT2D eigenvalue weighted by atomic mass is 35.5. The SMILES string of the molecule is CCCCc1cc(Cl)c2ccccc2c1O. The van der Waals surface area contributed by atoms with Crippen LogP contribution in [0.15, 0.2) is 30.3 Å². The summed E-state index contributed by atoms with van der Waals surface area (Å²) in [6.45, 7) is 2.14. The molecule has 0 spiro atoms. The van der Waals surface area contributed by atoms with Crippen LogP contribution in [0.2, 0.25) is 5.02 Å². The van der Waals surface area contributed by atoms with Crippen LogP contribution in [0.25, 0.3) is 10.8 Å². The predicted molar refractivity (Wildman–Crippen MR) is 69.2 cm³/mol. The second-order valence-corrected chi connectivity index (χ2v) is 4.42. The van der Waals surface area contributed by atoms with E-state index < -0.39 is 0 Å². The van der Waals surface area contributed by atoms with Crippen molar-refractivity contribution in [3.05, 3.63) is 40.9 Å². The molecule has 0 saturated carbocycles. The fourth-order valence-electron chi connectivity index (χ4n) is 1.93. The maximum Gasteiger partial charge on any atom is 0.126 e. The quantitative estimate of drug-likeness (QED) is 0.827. The van der Waals surface area contributed by atoms with E-state index in [-0.39, 0.29) is 0 Å². The lowest BCUT2D eigenvalue weighted by Gasteiger charge is -2.09. The van der Waals surface area contributed by atoms with Crippen molar-refractivity contribution in [1.29, 1.82) is 0 Å². The Balaban J connectivity index is 2.56. The van der Waals surface area contributed by atoms with Crippen LogP contribution in [0.5, 0.6) is 5.75 Å². The molecule has 2 rings (SSSR count). The largest absolute Gasteiger partial charge is 0.507 e. The number of aromatic hydroxyl groups is 1. The van der Waals surface area contributed by atoms with E-state index in [0.29, 0.717) is 5.75 Å². The molecule has 16 heavy (non-hydrogen) atoms. The molecule has 0 aliphatic rings. The zero-order chi connectivity index (χ0) is 11.5. The van der Waals surface area contributed by atoms with Gasteiger partial charge in [0.15, 0.2) is 0 Å². The lowest BCUT2D eigenvalue weighted by molar-refractivity contribution is 0.473. The van der Waals surface area contributed by atoms with E-state index in [9.17, 15) is 5.11 Å². The molecular formula is C14H15ClO. The third-order valence-electron chi connectivity index (χ3n) is 2.84. The van der Waals surface area contributed by atoms with Crippen LogP contribution in [0.3, 0.4) is 0 Å². The van der Waals surface area contributed by atoms with E-state index in [1.54, 1.807) is 0 Å². The van der Waals surface area contributed by atoms with Crippen LogP contribution in [-0.2, 0) is 6.42 Å². The van der Waals surface area contributed by atoms with E-state index in [1.807, 2.05) is 30.3 Å². The standard InChI is InChI=1S/C14H15ClO/c1-2-3-6-10-9-13(15)11-7-4-5-8-12(11)14(10)16/h4-5,7-9,16H,2-3,6H2,1H3. The molecule has 0 fully saturated rings. The van der Waals surface area contributed by atoms with E-state index in [0.717, 1.165) is 40.6 Å². The molecule has 0 aliphatic carbocycles. The van der Waals surface area contributed by atoms with Crippen LogP contribution in [0, 0.1) is 0 Å². The van der Waals surface area contributed by atoms with E-state index >= 15 is 0 Å². The van der Waals surface area contributed by atoms with Crippen molar-refractivity contribution in [1.82, 2.24) is 0 Å². The fraction of sp³-hybridized carbons (Fsp3) is 0.286. The maximum atomic E-state index is 10.1. The van der Waals surface area contributed by atoms with Crippen LogP contribution >= 0.6 is 11.6 Å². The monoisotopic (exact) mass is 234 g/mol. The number of hydrogen-bond donors (Lipinski definition) is 1. The summed E-state index contributed by atoms with van der Waals surface area (Å²) in [5, 5.41) is 12.6. The molecule has 0 radical (unpaired) electrons. The van der Waals surface area contributed by atoms with Crippen LogP contribution < -0.4 is 0 Å². The average molecular weight is 235 g/mol. The van der Waals surface area contributed by atoms with Gasteiger partial charge < -0.3 is 5.11 Å². The lowest BCUT2D eigenvalue weighted by atomic mass is 10.0. The average Bonchev–Trinajstić information content (AvgIpc) is 2.32. The second kappa shape index (κ2) is 4.75. The highest BCUT2D eigenvalue weighted by Crippen LogP contribution is 2.34. The molecule has 0 amide bonds. The van der Waals surface area contributed by atoms with Crippen molar-refractivity contribution in [2.45, 2.75) is 26.2 Å². The first-order valence-electron chi connectivity index (χ1n) is 5.63. The first kappa shape index (κ1) is 11.3. The molecule has 0 saturated heterocycles. The summed E-state index contributed by atoms with van der Waals surface area (Å²) in [7, 11) is 0. The number of halogens is 1. The Kier molecular flexibility index (Phi) is 3.35. The third-order valence-corrected chi connectivity index (χ3v) is 3.16. The number of phenols is 1.